The molecule has 1 saturated carbocycles. The molecule has 0 aromatic rings. The predicted octanol–water partition coefficient (Wildman–Crippen LogP) is 1.57. The van der Waals surface area contributed by atoms with Crippen molar-refractivity contribution in [1.29, 1.82) is 0 Å². The predicted molar refractivity (Wildman–Crippen MR) is 58.2 cm³/mol. The van der Waals surface area contributed by atoms with Gasteiger partial charge in [0.2, 0.25) is 0 Å². The maximum Gasteiger partial charge on any atom is 0.251 e. The average molecular weight is 247 g/mol. The average Bonchev–Trinajstić information content (AvgIpc) is 2.91. The van der Waals surface area contributed by atoms with Crippen molar-refractivity contribution in [3.05, 3.63) is 0 Å². The monoisotopic (exact) mass is 247 g/mol. The second-order valence-corrected chi connectivity index (χ2v) is 5.47. The maximum atomic E-state index is 13.0. The molecule has 3 unspecified atom stereocenters. The normalized spacial score (nSPS) is 44.8. The van der Waals surface area contributed by atoms with Crippen LogP contribution in [0.3, 0.4) is 0 Å². The molecule has 2 heterocycles. The van der Waals surface area contributed by atoms with Gasteiger partial charge in [-0.05, 0) is 19.3 Å². The minimum atomic E-state index is -2.43. The fourth-order valence-electron chi connectivity index (χ4n) is 3.06. The van der Waals surface area contributed by atoms with Gasteiger partial charge in [-0.3, -0.25) is 0 Å². The number of halogens is 2. The third kappa shape index (κ3) is 2.20. The van der Waals surface area contributed by atoms with Gasteiger partial charge in [0.25, 0.3) is 5.92 Å². The van der Waals surface area contributed by atoms with Crippen LogP contribution in [0.4, 0.5) is 8.78 Å². The van der Waals surface area contributed by atoms with E-state index in [9.17, 15) is 8.78 Å². The molecule has 0 aromatic heterocycles. The molecular weight excluding hydrogens is 228 g/mol. The summed E-state index contributed by atoms with van der Waals surface area (Å²) in [6, 6.07) is 0.0231. The highest BCUT2D eigenvalue weighted by Gasteiger charge is 2.59. The SMILES string of the molecule is FC1(F)CC1CC1NCCOC12CCCOC2. The lowest BCUT2D eigenvalue weighted by Crippen LogP contribution is -2.61. The van der Waals surface area contributed by atoms with Gasteiger partial charge in [0.15, 0.2) is 0 Å². The number of rotatable bonds is 2. The highest BCUT2D eigenvalue weighted by molar-refractivity contribution is 5.04. The molecule has 5 heteroatoms. The topological polar surface area (TPSA) is 30.5 Å². The molecule has 3 nitrogen and oxygen atoms in total. The molecule has 0 radical (unpaired) electrons. The lowest BCUT2D eigenvalue weighted by atomic mass is 9.84. The standard InChI is InChI=1S/C12H19F2NO2/c13-12(14)7-9(12)6-10-11(17-5-3-15-10)2-1-4-16-8-11/h9-10,15H,1-8H2. The van der Waals surface area contributed by atoms with Crippen molar-refractivity contribution >= 4 is 0 Å². The molecule has 1 aliphatic carbocycles. The number of hydrogen-bond donors (Lipinski definition) is 1. The Hall–Kier alpha value is -0.260. The molecule has 0 amide bonds. The summed E-state index contributed by atoms with van der Waals surface area (Å²) in [6.45, 7) is 2.71. The summed E-state index contributed by atoms with van der Waals surface area (Å²) in [6.07, 6.45) is 2.43. The highest BCUT2D eigenvalue weighted by atomic mass is 19.3. The van der Waals surface area contributed by atoms with Crippen molar-refractivity contribution in [2.45, 2.75) is 43.2 Å². The van der Waals surface area contributed by atoms with Crippen LogP contribution in [0, 0.1) is 5.92 Å². The van der Waals surface area contributed by atoms with Gasteiger partial charge in [-0.2, -0.15) is 0 Å². The van der Waals surface area contributed by atoms with E-state index in [0.717, 1.165) is 26.0 Å². The molecule has 0 aromatic carbocycles. The fourth-order valence-corrected chi connectivity index (χ4v) is 3.06. The van der Waals surface area contributed by atoms with Gasteiger partial charge >= 0.3 is 0 Å². The molecule has 17 heavy (non-hydrogen) atoms. The van der Waals surface area contributed by atoms with Crippen LogP contribution >= 0.6 is 0 Å². The first-order chi connectivity index (χ1) is 8.12. The van der Waals surface area contributed by atoms with Gasteiger partial charge in [-0.25, -0.2) is 8.78 Å². The van der Waals surface area contributed by atoms with Gasteiger partial charge in [-0.1, -0.05) is 0 Å². The summed E-state index contributed by atoms with van der Waals surface area (Å²) in [5.41, 5.74) is -0.352. The van der Waals surface area contributed by atoms with Crippen molar-refractivity contribution in [2.75, 3.05) is 26.4 Å². The second-order valence-electron chi connectivity index (χ2n) is 5.47. The highest BCUT2D eigenvalue weighted by Crippen LogP contribution is 2.52. The number of ether oxygens (including phenoxy) is 2. The minimum absolute atomic E-state index is 0.0231. The molecule has 3 rings (SSSR count). The van der Waals surface area contributed by atoms with Crippen LogP contribution in [0.15, 0.2) is 0 Å². The van der Waals surface area contributed by atoms with Crippen molar-refractivity contribution in [3.63, 3.8) is 0 Å². The van der Waals surface area contributed by atoms with E-state index in [1.54, 1.807) is 0 Å². The largest absolute Gasteiger partial charge is 0.378 e. The van der Waals surface area contributed by atoms with Crippen LogP contribution in [0.2, 0.25) is 0 Å². The van der Waals surface area contributed by atoms with Crippen molar-refractivity contribution in [2.24, 2.45) is 5.92 Å². The van der Waals surface area contributed by atoms with E-state index in [0.29, 0.717) is 19.6 Å². The molecular formula is C12H19F2NO2. The van der Waals surface area contributed by atoms with Crippen LogP contribution in [0.5, 0.6) is 0 Å². The lowest BCUT2D eigenvalue weighted by molar-refractivity contribution is -0.166. The van der Waals surface area contributed by atoms with E-state index in [1.807, 2.05) is 0 Å². The van der Waals surface area contributed by atoms with E-state index in [-0.39, 0.29) is 18.1 Å². The quantitative estimate of drug-likeness (QED) is 0.803. The van der Waals surface area contributed by atoms with E-state index in [1.165, 1.54) is 0 Å². The zero-order chi connectivity index (χ0) is 11.9. The zero-order valence-corrected chi connectivity index (χ0v) is 9.88. The van der Waals surface area contributed by atoms with Crippen molar-refractivity contribution in [3.8, 4) is 0 Å². The van der Waals surface area contributed by atoms with Gasteiger partial charge in [0.1, 0.15) is 5.60 Å². The second kappa shape index (κ2) is 4.14. The van der Waals surface area contributed by atoms with Crippen LogP contribution in [0.25, 0.3) is 0 Å². The summed E-state index contributed by atoms with van der Waals surface area (Å²) in [5, 5.41) is 3.35. The van der Waals surface area contributed by atoms with Crippen LogP contribution in [-0.2, 0) is 9.47 Å². The van der Waals surface area contributed by atoms with E-state index in [2.05, 4.69) is 5.32 Å². The molecule has 3 fully saturated rings. The van der Waals surface area contributed by atoms with Gasteiger partial charge < -0.3 is 14.8 Å². The van der Waals surface area contributed by atoms with E-state index >= 15 is 0 Å². The lowest BCUT2D eigenvalue weighted by Gasteiger charge is -2.46. The van der Waals surface area contributed by atoms with Crippen LogP contribution < -0.4 is 5.32 Å². The zero-order valence-electron chi connectivity index (χ0n) is 9.88. The summed E-state index contributed by atoms with van der Waals surface area (Å²) in [5.74, 6) is -2.89. The Bertz CT molecular complexity index is 284. The summed E-state index contributed by atoms with van der Waals surface area (Å²) in [4.78, 5) is 0. The number of nitrogens with one attached hydrogen (secondary N) is 1. The molecule has 3 aliphatic rings. The molecule has 0 bridgehead atoms. The van der Waals surface area contributed by atoms with Gasteiger partial charge in [0, 0.05) is 31.5 Å². The number of morpholine rings is 1. The molecule has 2 saturated heterocycles. The number of alkyl halides is 2. The molecule has 3 atom stereocenters. The summed E-state index contributed by atoms with van der Waals surface area (Å²) in [7, 11) is 0. The summed E-state index contributed by atoms with van der Waals surface area (Å²) < 4.78 is 37.4. The third-order valence-corrected chi connectivity index (χ3v) is 4.23. The van der Waals surface area contributed by atoms with Crippen molar-refractivity contribution < 1.29 is 18.3 Å². The van der Waals surface area contributed by atoms with E-state index < -0.39 is 11.8 Å². The molecule has 1 N–H and O–H groups in total. The fraction of sp³-hybridized carbons (Fsp3) is 1.00. The Morgan fingerprint density at radius 3 is 2.76 bits per heavy atom. The Kier molecular flexibility index (Phi) is 2.88. The van der Waals surface area contributed by atoms with Crippen LogP contribution in [-0.4, -0.2) is 43.9 Å². The maximum absolute atomic E-state index is 13.0. The van der Waals surface area contributed by atoms with Crippen molar-refractivity contribution in [1.82, 2.24) is 5.32 Å². The molecule has 2 aliphatic heterocycles. The first kappa shape index (κ1) is 11.8. The van der Waals surface area contributed by atoms with E-state index in [4.69, 9.17) is 9.47 Å². The molecule has 1 spiro atoms. The minimum Gasteiger partial charge on any atom is -0.378 e. The Morgan fingerprint density at radius 2 is 2.12 bits per heavy atom. The smallest absolute Gasteiger partial charge is 0.251 e. The number of hydrogen-bond acceptors (Lipinski definition) is 3. The van der Waals surface area contributed by atoms with Crippen LogP contribution in [0.1, 0.15) is 25.7 Å². The first-order valence-corrected chi connectivity index (χ1v) is 6.45. The Morgan fingerprint density at radius 1 is 1.29 bits per heavy atom. The summed E-state index contributed by atoms with van der Waals surface area (Å²) >= 11 is 0. The Labute approximate surface area is 99.8 Å². The first-order valence-electron chi connectivity index (χ1n) is 6.45. The Balaban J connectivity index is 1.67. The third-order valence-electron chi connectivity index (χ3n) is 4.23. The van der Waals surface area contributed by atoms with Gasteiger partial charge in [0.05, 0.1) is 13.2 Å². The molecule has 98 valence electrons. The van der Waals surface area contributed by atoms with Gasteiger partial charge in [-0.15, -0.1) is 0 Å².